The Morgan fingerprint density at radius 1 is 1.19 bits per heavy atom. The molecular formula is C21H23N3O6S. The number of benzene rings is 2. The molecule has 2 amide bonds. The Kier molecular flexibility index (Phi) is 5.94. The van der Waals surface area contributed by atoms with E-state index in [9.17, 15) is 18.0 Å². The Balaban J connectivity index is 1.40. The first-order valence-electron chi connectivity index (χ1n) is 9.96. The topological polar surface area (TPSA) is 123 Å². The van der Waals surface area contributed by atoms with Crippen LogP contribution in [-0.2, 0) is 19.6 Å². The molecule has 2 atom stereocenters. The van der Waals surface area contributed by atoms with Crippen LogP contribution in [0, 0.1) is 0 Å². The number of rotatable bonds is 6. The zero-order valence-corrected chi connectivity index (χ0v) is 17.7. The van der Waals surface area contributed by atoms with Crippen LogP contribution in [0.1, 0.15) is 30.1 Å². The third kappa shape index (κ3) is 4.87. The molecule has 0 radical (unpaired) electrons. The highest BCUT2D eigenvalue weighted by atomic mass is 32.2. The fourth-order valence-corrected chi connectivity index (χ4v) is 4.43. The van der Waals surface area contributed by atoms with Crippen LogP contribution in [0.4, 0.5) is 11.4 Å². The number of fused-ring (bicyclic) bond motifs is 1. The van der Waals surface area contributed by atoms with Crippen molar-refractivity contribution in [1.82, 2.24) is 4.72 Å². The van der Waals surface area contributed by atoms with Crippen molar-refractivity contribution in [2.75, 3.05) is 23.8 Å². The summed E-state index contributed by atoms with van der Waals surface area (Å²) < 4.78 is 38.3. The molecule has 0 bridgehead atoms. The van der Waals surface area contributed by atoms with Crippen LogP contribution in [0.3, 0.4) is 0 Å². The van der Waals surface area contributed by atoms with Gasteiger partial charge >= 0.3 is 0 Å². The van der Waals surface area contributed by atoms with E-state index < -0.39 is 22.0 Å². The maximum absolute atomic E-state index is 12.5. The van der Waals surface area contributed by atoms with Crippen molar-refractivity contribution in [3.05, 3.63) is 48.0 Å². The summed E-state index contributed by atoms with van der Waals surface area (Å²) in [4.78, 5) is 24.4. The predicted molar refractivity (Wildman–Crippen MR) is 114 cm³/mol. The Bertz CT molecular complexity index is 1090. The van der Waals surface area contributed by atoms with Crippen molar-refractivity contribution in [1.29, 1.82) is 0 Å². The van der Waals surface area contributed by atoms with E-state index in [1.165, 1.54) is 24.3 Å². The number of ether oxygens (including phenoxy) is 2. The Labute approximate surface area is 180 Å². The zero-order chi connectivity index (χ0) is 22.0. The number of amides is 2. The quantitative estimate of drug-likeness (QED) is 0.626. The number of carbonyl (C=O) groups excluding carboxylic acids is 2. The molecule has 31 heavy (non-hydrogen) atoms. The lowest BCUT2D eigenvalue weighted by Gasteiger charge is -2.23. The Hall–Kier alpha value is -2.95. The Morgan fingerprint density at radius 2 is 1.97 bits per heavy atom. The van der Waals surface area contributed by atoms with Gasteiger partial charge in [-0.15, -0.1) is 0 Å². The summed E-state index contributed by atoms with van der Waals surface area (Å²) in [5.74, 6) is -0.149. The zero-order valence-electron chi connectivity index (χ0n) is 16.9. The molecule has 1 fully saturated rings. The van der Waals surface area contributed by atoms with E-state index in [-0.39, 0.29) is 23.5 Å². The van der Waals surface area contributed by atoms with E-state index in [0.29, 0.717) is 29.3 Å². The first-order valence-corrected chi connectivity index (χ1v) is 11.4. The minimum Gasteiger partial charge on any atom is -0.479 e. The fourth-order valence-electron chi connectivity index (χ4n) is 3.37. The van der Waals surface area contributed by atoms with Crippen molar-refractivity contribution in [3.63, 3.8) is 0 Å². The van der Waals surface area contributed by atoms with Gasteiger partial charge in [0.2, 0.25) is 10.0 Å². The average molecular weight is 445 g/mol. The van der Waals surface area contributed by atoms with Crippen molar-refractivity contribution in [2.24, 2.45) is 0 Å². The molecule has 2 aromatic rings. The summed E-state index contributed by atoms with van der Waals surface area (Å²) in [7, 11) is -3.68. The lowest BCUT2D eigenvalue weighted by atomic mass is 10.2. The molecule has 1 saturated heterocycles. The fraction of sp³-hybridized carbons (Fsp3) is 0.333. The third-order valence-corrected chi connectivity index (χ3v) is 6.56. The van der Waals surface area contributed by atoms with E-state index in [1.54, 1.807) is 25.1 Å². The molecule has 2 aliphatic heterocycles. The van der Waals surface area contributed by atoms with Crippen molar-refractivity contribution < 1.29 is 27.5 Å². The molecule has 4 rings (SSSR count). The second kappa shape index (κ2) is 8.66. The van der Waals surface area contributed by atoms with Gasteiger partial charge in [-0.3, -0.25) is 9.59 Å². The molecular weight excluding hydrogens is 422 g/mol. The Morgan fingerprint density at radius 3 is 2.68 bits per heavy atom. The minimum atomic E-state index is -3.68. The molecule has 0 saturated carbocycles. The molecule has 0 spiro atoms. The third-order valence-electron chi connectivity index (χ3n) is 5.12. The summed E-state index contributed by atoms with van der Waals surface area (Å²) in [6.45, 7) is 2.52. The highest BCUT2D eigenvalue weighted by Crippen LogP contribution is 2.32. The van der Waals surface area contributed by atoms with Gasteiger partial charge in [0.1, 0.15) is 5.75 Å². The lowest BCUT2D eigenvalue weighted by molar-refractivity contribution is -0.122. The van der Waals surface area contributed by atoms with Crippen LogP contribution in [0.5, 0.6) is 5.75 Å². The predicted octanol–water partition coefficient (Wildman–Crippen LogP) is 2.12. The van der Waals surface area contributed by atoms with Gasteiger partial charge in [0.25, 0.3) is 11.8 Å². The van der Waals surface area contributed by atoms with Crippen molar-refractivity contribution in [2.45, 2.75) is 36.9 Å². The first kappa shape index (κ1) is 21.3. The van der Waals surface area contributed by atoms with E-state index in [4.69, 9.17) is 9.47 Å². The van der Waals surface area contributed by atoms with E-state index >= 15 is 0 Å². The van der Waals surface area contributed by atoms with Crippen LogP contribution in [0.25, 0.3) is 0 Å². The second-order valence-corrected chi connectivity index (χ2v) is 9.19. The SMILES string of the molecule is C[C@@H]1Oc2ccc(NC(=O)c3ccc(S(=O)(=O)NC[C@H]4CCCO4)cc3)cc2NC1=O. The van der Waals surface area contributed by atoms with Gasteiger partial charge in [-0.1, -0.05) is 0 Å². The highest BCUT2D eigenvalue weighted by molar-refractivity contribution is 7.89. The lowest BCUT2D eigenvalue weighted by Crippen LogP contribution is -2.34. The highest BCUT2D eigenvalue weighted by Gasteiger charge is 2.24. The van der Waals surface area contributed by atoms with Gasteiger partial charge in [0.15, 0.2) is 6.10 Å². The molecule has 2 heterocycles. The molecule has 3 N–H and O–H groups in total. The smallest absolute Gasteiger partial charge is 0.265 e. The standard InChI is InChI=1S/C21H23N3O6S/c1-13-20(25)24-18-11-15(6-9-19(18)30-13)23-21(26)14-4-7-17(8-5-14)31(27,28)22-12-16-3-2-10-29-16/h4-9,11,13,16,22H,2-3,10,12H2,1H3,(H,23,26)(H,24,25)/t13-,16+/m0/s1. The van der Waals surface area contributed by atoms with Crippen LogP contribution in [-0.4, -0.2) is 45.6 Å². The summed E-state index contributed by atoms with van der Waals surface area (Å²) in [6, 6.07) is 10.6. The maximum atomic E-state index is 12.5. The first-order chi connectivity index (χ1) is 14.8. The van der Waals surface area contributed by atoms with Crippen LogP contribution in [0.15, 0.2) is 47.4 Å². The number of nitrogens with one attached hydrogen (secondary N) is 3. The summed E-state index contributed by atoms with van der Waals surface area (Å²) >= 11 is 0. The van der Waals surface area contributed by atoms with E-state index in [1.807, 2.05) is 0 Å². The monoisotopic (exact) mass is 445 g/mol. The van der Waals surface area contributed by atoms with Gasteiger partial charge < -0.3 is 20.1 Å². The van der Waals surface area contributed by atoms with Gasteiger partial charge in [-0.25, -0.2) is 13.1 Å². The van der Waals surface area contributed by atoms with E-state index in [0.717, 1.165) is 12.8 Å². The number of sulfonamides is 1. The number of carbonyl (C=O) groups is 2. The second-order valence-electron chi connectivity index (χ2n) is 7.43. The summed E-state index contributed by atoms with van der Waals surface area (Å²) in [6.07, 6.45) is 1.08. The molecule has 2 aromatic carbocycles. The van der Waals surface area contributed by atoms with E-state index in [2.05, 4.69) is 15.4 Å². The molecule has 10 heteroatoms. The molecule has 0 unspecified atom stereocenters. The molecule has 0 aromatic heterocycles. The number of hydrogen-bond acceptors (Lipinski definition) is 6. The van der Waals surface area contributed by atoms with Crippen molar-refractivity contribution >= 4 is 33.2 Å². The van der Waals surface area contributed by atoms with Crippen LogP contribution < -0.4 is 20.1 Å². The number of anilines is 2. The molecule has 164 valence electrons. The van der Waals surface area contributed by atoms with Crippen LogP contribution >= 0.6 is 0 Å². The number of hydrogen-bond donors (Lipinski definition) is 3. The normalized spacial score (nSPS) is 20.5. The van der Waals surface area contributed by atoms with Gasteiger partial charge in [0, 0.05) is 24.4 Å². The maximum Gasteiger partial charge on any atom is 0.265 e. The van der Waals surface area contributed by atoms with Gasteiger partial charge in [-0.05, 0) is 62.2 Å². The summed E-state index contributed by atoms with van der Waals surface area (Å²) in [5, 5.41) is 5.45. The molecule has 2 aliphatic rings. The van der Waals surface area contributed by atoms with Crippen LogP contribution in [0.2, 0.25) is 0 Å². The largest absolute Gasteiger partial charge is 0.479 e. The molecule has 9 nitrogen and oxygen atoms in total. The average Bonchev–Trinajstić information content (AvgIpc) is 3.27. The van der Waals surface area contributed by atoms with Crippen molar-refractivity contribution in [3.8, 4) is 5.75 Å². The van der Waals surface area contributed by atoms with Gasteiger partial charge in [0.05, 0.1) is 16.7 Å². The molecule has 0 aliphatic carbocycles. The van der Waals surface area contributed by atoms with Gasteiger partial charge in [-0.2, -0.15) is 0 Å². The minimum absolute atomic E-state index is 0.0739. The summed E-state index contributed by atoms with van der Waals surface area (Å²) in [5.41, 5.74) is 1.24.